The molecule has 3 aromatic carbocycles. The third-order valence-electron chi connectivity index (χ3n) is 5.33. The molecule has 0 saturated carbocycles. The molecule has 1 aromatic heterocycles. The van der Waals surface area contributed by atoms with Crippen molar-refractivity contribution in [2.24, 2.45) is 0 Å². The van der Waals surface area contributed by atoms with E-state index in [-0.39, 0.29) is 10.7 Å². The molecular weight excluding hydrogens is 398 g/mol. The van der Waals surface area contributed by atoms with Gasteiger partial charge in [-0.15, -0.1) is 0 Å². The van der Waals surface area contributed by atoms with E-state index >= 15 is 0 Å². The van der Waals surface area contributed by atoms with Crippen LogP contribution in [0.4, 0.5) is 5.69 Å². The summed E-state index contributed by atoms with van der Waals surface area (Å²) in [6.07, 6.45) is 0. The van der Waals surface area contributed by atoms with Gasteiger partial charge in [-0.1, -0.05) is 50.2 Å². The third kappa shape index (κ3) is 3.37. The summed E-state index contributed by atoms with van der Waals surface area (Å²) in [6, 6.07) is 16.0. The van der Waals surface area contributed by atoms with Crippen LogP contribution >= 0.6 is 0 Å². The first-order chi connectivity index (χ1) is 14.2. The lowest BCUT2D eigenvalue weighted by Gasteiger charge is -2.13. The third-order valence-corrected chi connectivity index (χ3v) is 6.71. The number of anilines is 1. The Morgan fingerprint density at radius 2 is 1.60 bits per heavy atom. The lowest BCUT2D eigenvalue weighted by molar-refractivity contribution is 0.101. The fourth-order valence-electron chi connectivity index (χ4n) is 3.80. The van der Waals surface area contributed by atoms with E-state index in [1.54, 1.807) is 25.1 Å². The van der Waals surface area contributed by atoms with Crippen LogP contribution in [-0.2, 0) is 10.0 Å². The van der Waals surface area contributed by atoms with Crippen LogP contribution in [0, 0.1) is 6.92 Å². The molecular formula is C24H23NO4S. The van der Waals surface area contributed by atoms with Gasteiger partial charge in [-0.3, -0.25) is 9.52 Å². The van der Waals surface area contributed by atoms with Crippen LogP contribution < -0.4 is 4.72 Å². The van der Waals surface area contributed by atoms with Gasteiger partial charge in [-0.25, -0.2) is 8.42 Å². The van der Waals surface area contributed by atoms with Gasteiger partial charge in [0.05, 0.1) is 16.1 Å². The van der Waals surface area contributed by atoms with E-state index in [9.17, 15) is 13.2 Å². The molecule has 0 aliphatic carbocycles. The molecule has 0 aliphatic rings. The lowest BCUT2D eigenvalue weighted by atomic mass is 10.0. The van der Waals surface area contributed by atoms with E-state index in [4.69, 9.17) is 4.42 Å². The van der Waals surface area contributed by atoms with Gasteiger partial charge in [0.2, 0.25) is 0 Å². The first-order valence-corrected chi connectivity index (χ1v) is 11.3. The monoisotopic (exact) mass is 421 g/mol. The van der Waals surface area contributed by atoms with Gasteiger partial charge in [0.25, 0.3) is 10.0 Å². The van der Waals surface area contributed by atoms with Crippen LogP contribution in [0.3, 0.4) is 0 Å². The molecule has 0 spiro atoms. The molecule has 4 rings (SSSR count). The minimum atomic E-state index is -3.81. The molecule has 0 aliphatic heterocycles. The number of aryl methyl sites for hydroxylation is 1. The second-order valence-corrected chi connectivity index (χ2v) is 9.45. The zero-order valence-electron chi connectivity index (χ0n) is 17.3. The van der Waals surface area contributed by atoms with Gasteiger partial charge in [0, 0.05) is 16.2 Å². The van der Waals surface area contributed by atoms with Gasteiger partial charge in [0.1, 0.15) is 11.3 Å². The van der Waals surface area contributed by atoms with Crippen molar-refractivity contribution in [1.29, 1.82) is 0 Å². The van der Waals surface area contributed by atoms with Crippen LogP contribution in [0.1, 0.15) is 48.4 Å². The molecule has 0 saturated heterocycles. The highest BCUT2D eigenvalue weighted by atomic mass is 32.2. The molecule has 0 radical (unpaired) electrons. The minimum Gasteiger partial charge on any atom is -0.460 e. The maximum atomic E-state index is 13.1. The Kier molecular flexibility index (Phi) is 4.90. The summed E-state index contributed by atoms with van der Waals surface area (Å²) in [5.41, 5.74) is 2.53. The Bertz CT molecular complexity index is 1380. The quantitative estimate of drug-likeness (QED) is 0.400. The number of ketones is 1. The summed E-state index contributed by atoms with van der Waals surface area (Å²) >= 11 is 0. The van der Waals surface area contributed by atoms with E-state index in [0.29, 0.717) is 39.3 Å². The smallest absolute Gasteiger partial charge is 0.261 e. The average molecular weight is 422 g/mol. The molecule has 0 fully saturated rings. The highest BCUT2D eigenvalue weighted by molar-refractivity contribution is 7.92. The van der Waals surface area contributed by atoms with Gasteiger partial charge >= 0.3 is 0 Å². The van der Waals surface area contributed by atoms with E-state index in [0.717, 1.165) is 10.9 Å². The van der Waals surface area contributed by atoms with Crippen molar-refractivity contribution in [2.75, 3.05) is 4.72 Å². The molecule has 5 nitrogen and oxygen atoms in total. The highest BCUT2D eigenvalue weighted by Gasteiger charge is 2.21. The van der Waals surface area contributed by atoms with Crippen molar-refractivity contribution >= 4 is 43.2 Å². The predicted octanol–water partition coefficient (Wildman–Crippen LogP) is 6.02. The maximum absolute atomic E-state index is 13.1. The molecule has 0 unspecified atom stereocenters. The van der Waals surface area contributed by atoms with Crippen molar-refractivity contribution in [2.45, 2.75) is 38.5 Å². The summed E-state index contributed by atoms with van der Waals surface area (Å²) in [4.78, 5) is 12.4. The number of carbonyl (C=O) groups is 1. The second kappa shape index (κ2) is 7.29. The fraction of sp³-hybridized carbons (Fsp3) is 0.208. The Labute approximate surface area is 175 Å². The summed E-state index contributed by atoms with van der Waals surface area (Å²) in [7, 11) is -3.81. The standard InChI is InChI=1S/C24H23NO4S/c1-14(2)17-9-11-18(12-10-17)30(27,28)25-22-13-21-23(15(3)26)16(4)29-24(21)20-8-6-5-7-19(20)22/h5-14,25H,1-4H3. The molecule has 30 heavy (non-hydrogen) atoms. The largest absolute Gasteiger partial charge is 0.460 e. The summed E-state index contributed by atoms with van der Waals surface area (Å²) in [5, 5.41) is 2.06. The fourth-order valence-corrected chi connectivity index (χ4v) is 4.87. The lowest BCUT2D eigenvalue weighted by Crippen LogP contribution is -2.13. The average Bonchev–Trinajstić information content (AvgIpc) is 3.04. The molecule has 1 heterocycles. The van der Waals surface area contributed by atoms with E-state index in [1.165, 1.54) is 6.92 Å². The number of rotatable bonds is 5. The van der Waals surface area contributed by atoms with Gasteiger partial charge in [0.15, 0.2) is 5.78 Å². The maximum Gasteiger partial charge on any atom is 0.261 e. The molecule has 0 bridgehead atoms. The van der Waals surface area contributed by atoms with Crippen molar-refractivity contribution in [3.05, 3.63) is 71.5 Å². The summed E-state index contributed by atoms with van der Waals surface area (Å²) in [6.45, 7) is 7.34. The second-order valence-electron chi connectivity index (χ2n) is 7.77. The van der Waals surface area contributed by atoms with Crippen molar-refractivity contribution < 1.29 is 17.6 Å². The van der Waals surface area contributed by atoms with Gasteiger partial charge in [-0.2, -0.15) is 0 Å². The van der Waals surface area contributed by atoms with Gasteiger partial charge in [-0.05, 0) is 43.5 Å². The van der Waals surface area contributed by atoms with Crippen LogP contribution in [0.5, 0.6) is 0 Å². The number of hydrogen-bond donors (Lipinski definition) is 1. The van der Waals surface area contributed by atoms with Crippen molar-refractivity contribution in [3.8, 4) is 0 Å². The van der Waals surface area contributed by atoms with Crippen molar-refractivity contribution in [3.63, 3.8) is 0 Å². The normalized spacial score (nSPS) is 12.0. The molecule has 154 valence electrons. The molecule has 1 N–H and O–H groups in total. The van der Waals surface area contributed by atoms with Crippen LogP contribution in [0.15, 0.2) is 63.9 Å². The van der Waals surface area contributed by atoms with E-state index in [1.807, 2.05) is 36.4 Å². The summed E-state index contributed by atoms with van der Waals surface area (Å²) < 4.78 is 34.8. The zero-order valence-corrected chi connectivity index (χ0v) is 18.1. The highest BCUT2D eigenvalue weighted by Crippen LogP contribution is 2.37. The topological polar surface area (TPSA) is 76.4 Å². The number of sulfonamides is 1. The number of benzene rings is 3. The number of carbonyl (C=O) groups excluding carboxylic acids is 1. The van der Waals surface area contributed by atoms with Crippen LogP contribution in [-0.4, -0.2) is 14.2 Å². The molecule has 6 heteroatoms. The summed E-state index contributed by atoms with van der Waals surface area (Å²) in [5.74, 6) is 0.710. The molecule has 4 aromatic rings. The van der Waals surface area contributed by atoms with Gasteiger partial charge < -0.3 is 4.42 Å². The first kappa shape index (κ1) is 20.2. The van der Waals surface area contributed by atoms with E-state index < -0.39 is 10.0 Å². The molecule has 0 amide bonds. The predicted molar refractivity (Wildman–Crippen MR) is 120 cm³/mol. The Morgan fingerprint density at radius 3 is 2.20 bits per heavy atom. The Morgan fingerprint density at radius 1 is 0.967 bits per heavy atom. The van der Waals surface area contributed by atoms with Crippen molar-refractivity contribution in [1.82, 2.24) is 0 Å². The van der Waals surface area contributed by atoms with E-state index in [2.05, 4.69) is 18.6 Å². The number of Topliss-reactive ketones (excluding diaryl/α,β-unsaturated/α-hetero) is 1. The number of nitrogens with one attached hydrogen (secondary N) is 1. The number of fused-ring (bicyclic) bond motifs is 3. The minimum absolute atomic E-state index is 0.125. The zero-order chi connectivity index (χ0) is 21.6. The number of furan rings is 1. The Hall–Kier alpha value is -3.12. The first-order valence-electron chi connectivity index (χ1n) is 9.77. The van der Waals surface area contributed by atoms with Crippen LogP contribution in [0.25, 0.3) is 21.7 Å². The van der Waals surface area contributed by atoms with Crippen LogP contribution in [0.2, 0.25) is 0 Å². The SMILES string of the molecule is CC(=O)c1c(C)oc2c1cc(NS(=O)(=O)c1ccc(C(C)C)cc1)c1ccccc12. The Balaban J connectivity index is 1.89. The molecule has 0 atom stereocenters. The number of hydrogen-bond acceptors (Lipinski definition) is 4.